The van der Waals surface area contributed by atoms with Gasteiger partial charge in [0.05, 0.1) is 0 Å². The molecule has 5 heteroatoms. The number of nitrogens with zero attached hydrogens (tertiary/aromatic N) is 1. The first-order valence-electron chi connectivity index (χ1n) is 7.73. The van der Waals surface area contributed by atoms with E-state index >= 15 is 0 Å². The van der Waals surface area contributed by atoms with Crippen LogP contribution in [-0.4, -0.2) is 36.0 Å². The van der Waals surface area contributed by atoms with Gasteiger partial charge in [0.2, 0.25) is 5.91 Å². The Bertz CT molecular complexity index is 497. The number of hydrogen-bond donors (Lipinski definition) is 1. The summed E-state index contributed by atoms with van der Waals surface area (Å²) in [5.41, 5.74) is 8.06. The minimum absolute atomic E-state index is 0. The fraction of sp³-hybridized carbons (Fsp3) is 0.588. The molecule has 0 spiro atoms. The molecule has 0 aromatic heterocycles. The minimum Gasteiger partial charge on any atom is -0.490 e. The number of rotatable bonds is 4. The number of amides is 1. The Morgan fingerprint density at radius 2 is 2.00 bits per heavy atom. The van der Waals surface area contributed by atoms with Crippen molar-refractivity contribution in [1.29, 1.82) is 0 Å². The Morgan fingerprint density at radius 1 is 1.36 bits per heavy atom. The summed E-state index contributed by atoms with van der Waals surface area (Å²) in [5, 5.41) is 0. The molecule has 1 fully saturated rings. The first-order valence-corrected chi connectivity index (χ1v) is 7.73. The molecule has 2 N–H and O–H groups in total. The van der Waals surface area contributed by atoms with Gasteiger partial charge in [-0.25, -0.2) is 0 Å². The number of carbonyl (C=O) groups excluding carboxylic acids is 1. The summed E-state index contributed by atoms with van der Waals surface area (Å²) in [4.78, 5) is 13.9. The molecule has 124 valence electrons. The second-order valence-electron chi connectivity index (χ2n) is 6.15. The Hall–Kier alpha value is -1.26. The maximum atomic E-state index is 12.0. The molecule has 1 saturated heterocycles. The van der Waals surface area contributed by atoms with Crippen LogP contribution in [0.5, 0.6) is 5.75 Å². The monoisotopic (exact) mass is 326 g/mol. The number of piperidine rings is 1. The molecule has 22 heavy (non-hydrogen) atoms. The molecule has 0 aliphatic carbocycles. The van der Waals surface area contributed by atoms with Crippen molar-refractivity contribution in [2.24, 2.45) is 5.73 Å². The van der Waals surface area contributed by atoms with Crippen molar-refractivity contribution in [3.63, 3.8) is 0 Å². The van der Waals surface area contributed by atoms with E-state index in [9.17, 15) is 4.79 Å². The highest BCUT2D eigenvalue weighted by Crippen LogP contribution is 2.24. The van der Waals surface area contributed by atoms with E-state index in [0.717, 1.165) is 37.2 Å². The fourth-order valence-electron chi connectivity index (χ4n) is 2.64. The number of aryl methyl sites for hydroxylation is 2. The van der Waals surface area contributed by atoms with E-state index in [-0.39, 0.29) is 30.5 Å². The van der Waals surface area contributed by atoms with Crippen LogP contribution < -0.4 is 10.5 Å². The van der Waals surface area contributed by atoms with Crippen molar-refractivity contribution in [2.75, 3.05) is 13.1 Å². The molecule has 0 radical (unpaired) electrons. The van der Waals surface area contributed by atoms with Gasteiger partial charge in [-0.1, -0.05) is 12.1 Å². The lowest BCUT2D eigenvalue weighted by Crippen LogP contribution is -2.43. The lowest BCUT2D eigenvalue weighted by Gasteiger charge is -2.33. The number of nitrogens with two attached hydrogens (primary N) is 1. The average Bonchev–Trinajstić information content (AvgIpc) is 2.43. The number of ether oxygens (including phenoxy) is 1. The summed E-state index contributed by atoms with van der Waals surface area (Å²) in [6, 6.07) is 6.20. The Morgan fingerprint density at radius 3 is 2.59 bits per heavy atom. The molecule has 1 heterocycles. The summed E-state index contributed by atoms with van der Waals surface area (Å²) in [6.45, 7) is 7.54. The van der Waals surface area contributed by atoms with Gasteiger partial charge in [-0.2, -0.15) is 0 Å². The molecule has 2 rings (SSSR count). The molecule has 1 unspecified atom stereocenters. The zero-order valence-electron chi connectivity index (χ0n) is 13.7. The zero-order chi connectivity index (χ0) is 15.4. The van der Waals surface area contributed by atoms with Crippen LogP contribution >= 0.6 is 12.4 Å². The van der Waals surface area contributed by atoms with E-state index in [1.54, 1.807) is 0 Å². The van der Waals surface area contributed by atoms with Gasteiger partial charge in [0.15, 0.2) is 0 Å². The predicted molar refractivity (Wildman–Crippen MR) is 91.7 cm³/mol. The highest BCUT2D eigenvalue weighted by atomic mass is 35.5. The van der Waals surface area contributed by atoms with Gasteiger partial charge >= 0.3 is 0 Å². The maximum absolute atomic E-state index is 12.0. The van der Waals surface area contributed by atoms with Gasteiger partial charge in [-0.15, -0.1) is 12.4 Å². The van der Waals surface area contributed by atoms with Crippen LogP contribution in [0.3, 0.4) is 0 Å². The van der Waals surface area contributed by atoms with E-state index in [1.807, 2.05) is 11.8 Å². The summed E-state index contributed by atoms with van der Waals surface area (Å²) >= 11 is 0. The number of likely N-dealkylation sites (tertiary alicyclic amines) is 1. The quantitative estimate of drug-likeness (QED) is 0.925. The molecule has 1 aromatic carbocycles. The van der Waals surface area contributed by atoms with Crippen LogP contribution in [0, 0.1) is 13.8 Å². The average molecular weight is 327 g/mol. The third-order valence-corrected chi connectivity index (χ3v) is 3.93. The number of halogens is 1. The molecule has 4 nitrogen and oxygen atoms in total. The molecular formula is C17H27ClN2O2. The third-order valence-electron chi connectivity index (χ3n) is 3.93. The van der Waals surface area contributed by atoms with E-state index in [1.165, 1.54) is 5.56 Å². The molecule has 1 aliphatic rings. The second-order valence-corrected chi connectivity index (χ2v) is 6.15. The molecule has 1 aliphatic heterocycles. The van der Waals surface area contributed by atoms with Crippen molar-refractivity contribution in [1.82, 2.24) is 4.90 Å². The van der Waals surface area contributed by atoms with Crippen LogP contribution in [0.4, 0.5) is 0 Å². The predicted octanol–water partition coefficient (Wildman–Crippen LogP) is 2.83. The second kappa shape index (κ2) is 8.39. The summed E-state index contributed by atoms with van der Waals surface area (Å²) in [7, 11) is 0. The topological polar surface area (TPSA) is 55.6 Å². The number of benzene rings is 1. The van der Waals surface area contributed by atoms with Crippen LogP contribution in [-0.2, 0) is 4.79 Å². The van der Waals surface area contributed by atoms with Gasteiger partial charge in [0, 0.05) is 38.4 Å². The molecule has 0 bridgehead atoms. The maximum Gasteiger partial charge on any atom is 0.224 e. The van der Waals surface area contributed by atoms with Gasteiger partial charge < -0.3 is 15.4 Å². The van der Waals surface area contributed by atoms with Crippen LogP contribution in [0.15, 0.2) is 18.2 Å². The smallest absolute Gasteiger partial charge is 0.224 e. The van der Waals surface area contributed by atoms with Crippen molar-refractivity contribution < 1.29 is 9.53 Å². The zero-order valence-corrected chi connectivity index (χ0v) is 14.5. The normalized spacial score (nSPS) is 16.8. The van der Waals surface area contributed by atoms with Gasteiger partial charge in [0.25, 0.3) is 0 Å². The number of carbonyl (C=O) groups is 1. The lowest BCUT2D eigenvalue weighted by atomic mass is 10.1. The first kappa shape index (κ1) is 18.8. The molecule has 1 atom stereocenters. The lowest BCUT2D eigenvalue weighted by molar-refractivity contribution is -0.133. The number of hydrogen-bond acceptors (Lipinski definition) is 3. The Balaban J connectivity index is 0.00000242. The molecule has 1 amide bonds. The van der Waals surface area contributed by atoms with E-state index < -0.39 is 0 Å². The standard InChI is InChI=1S/C17H26N2O2.ClH/c1-12-4-5-13(2)16(10-12)21-15-6-8-19(9-7-15)17(20)11-14(3)18;/h4-5,10,14-15H,6-9,11,18H2,1-3H3;1H. The van der Waals surface area contributed by atoms with Crippen LogP contribution in [0.1, 0.15) is 37.3 Å². The van der Waals surface area contributed by atoms with Crippen molar-refractivity contribution >= 4 is 18.3 Å². The van der Waals surface area contributed by atoms with Crippen LogP contribution in [0.2, 0.25) is 0 Å². The minimum atomic E-state index is -0.0681. The van der Waals surface area contributed by atoms with E-state index in [4.69, 9.17) is 10.5 Å². The van der Waals surface area contributed by atoms with Crippen molar-refractivity contribution in [3.8, 4) is 5.75 Å². The Kier molecular flexibility index (Phi) is 7.17. The van der Waals surface area contributed by atoms with E-state index in [0.29, 0.717) is 6.42 Å². The summed E-state index contributed by atoms with van der Waals surface area (Å²) in [6.07, 6.45) is 2.41. The summed E-state index contributed by atoms with van der Waals surface area (Å²) in [5.74, 6) is 1.13. The largest absolute Gasteiger partial charge is 0.490 e. The van der Waals surface area contributed by atoms with Crippen molar-refractivity contribution in [3.05, 3.63) is 29.3 Å². The third kappa shape index (κ3) is 5.18. The van der Waals surface area contributed by atoms with E-state index in [2.05, 4.69) is 32.0 Å². The highest BCUT2D eigenvalue weighted by molar-refractivity contribution is 5.85. The molecular weight excluding hydrogens is 300 g/mol. The van der Waals surface area contributed by atoms with Crippen molar-refractivity contribution in [2.45, 2.75) is 52.2 Å². The first-order chi connectivity index (χ1) is 9.95. The SMILES string of the molecule is Cc1ccc(C)c(OC2CCN(C(=O)CC(C)N)CC2)c1.Cl. The van der Waals surface area contributed by atoms with Crippen LogP contribution in [0.25, 0.3) is 0 Å². The summed E-state index contributed by atoms with van der Waals surface area (Å²) < 4.78 is 6.11. The molecule has 0 saturated carbocycles. The highest BCUT2D eigenvalue weighted by Gasteiger charge is 2.24. The van der Waals surface area contributed by atoms with Gasteiger partial charge in [-0.05, 0) is 38.0 Å². The fourth-order valence-corrected chi connectivity index (χ4v) is 2.64. The Labute approximate surface area is 139 Å². The van der Waals surface area contributed by atoms with Gasteiger partial charge in [0.1, 0.15) is 11.9 Å². The van der Waals surface area contributed by atoms with Gasteiger partial charge in [-0.3, -0.25) is 4.79 Å². The molecule has 1 aromatic rings.